The molecule has 142 valence electrons. The Morgan fingerprint density at radius 3 is 2.08 bits per heavy atom. The summed E-state index contributed by atoms with van der Waals surface area (Å²) >= 11 is 0. The van der Waals surface area contributed by atoms with Crippen molar-refractivity contribution in [2.24, 2.45) is 5.92 Å². The second-order valence-electron chi connectivity index (χ2n) is 6.23. The Morgan fingerprint density at radius 1 is 0.875 bits per heavy atom. The van der Waals surface area contributed by atoms with Gasteiger partial charge in [0.05, 0.1) is 18.8 Å². The average molecular weight is 354 g/mol. The minimum atomic E-state index is -1.54. The van der Waals surface area contributed by atoms with Crippen molar-refractivity contribution in [3.05, 3.63) is 0 Å². The molecule has 2 aliphatic rings. The van der Waals surface area contributed by atoms with Crippen molar-refractivity contribution >= 4 is 0 Å². The van der Waals surface area contributed by atoms with Crippen LogP contribution >= 0.6 is 0 Å². The van der Waals surface area contributed by atoms with Crippen molar-refractivity contribution < 1.29 is 50.0 Å². The van der Waals surface area contributed by atoms with Crippen molar-refractivity contribution in [3.8, 4) is 0 Å². The van der Waals surface area contributed by atoms with Gasteiger partial charge in [0.1, 0.15) is 36.6 Å². The molecule has 1 aliphatic carbocycles. The first kappa shape index (κ1) is 19.9. The maximum absolute atomic E-state index is 10.2. The Bertz CT molecular complexity index is 392. The molecule has 0 amide bonds. The first-order valence-electron chi connectivity index (χ1n) is 7.81. The van der Waals surface area contributed by atoms with Gasteiger partial charge in [-0.25, -0.2) is 0 Å². The molecule has 0 unspecified atom stereocenters. The first-order valence-corrected chi connectivity index (χ1v) is 7.81. The number of ether oxygens (including phenoxy) is 3. The minimum absolute atomic E-state index is 0.0149. The predicted octanol–water partition coefficient (Wildman–Crippen LogP) is -4.08. The van der Waals surface area contributed by atoms with Gasteiger partial charge >= 0.3 is 0 Å². The van der Waals surface area contributed by atoms with Crippen LogP contribution in [0.4, 0.5) is 0 Å². The number of hydrogen-bond donors (Lipinski definition) is 7. The quantitative estimate of drug-likeness (QED) is 0.258. The fourth-order valence-electron chi connectivity index (χ4n) is 3.21. The first-order chi connectivity index (χ1) is 11.3. The van der Waals surface area contributed by atoms with Gasteiger partial charge in [-0.15, -0.1) is 0 Å². The van der Waals surface area contributed by atoms with Crippen LogP contribution in [0.5, 0.6) is 0 Å². The maximum atomic E-state index is 10.2. The van der Waals surface area contributed by atoms with E-state index < -0.39 is 74.3 Å². The molecule has 0 aromatic carbocycles. The highest BCUT2D eigenvalue weighted by Gasteiger charge is 2.49. The molecule has 1 heterocycles. The van der Waals surface area contributed by atoms with Gasteiger partial charge in [0, 0.05) is 19.6 Å². The standard InChI is InChI=1S/C14H26O10/c1-22-14-12(21)11(20)13(7(4-16)24-14)23-6-2-5(3-15)8(17)10(19)9(6)18/h5-21H,2-4H2,1H3/t5-,6+,7-,8+,9+,10+,11-,12-,13-,14+/m1/s1. The molecule has 24 heavy (non-hydrogen) atoms. The SMILES string of the molecule is CO[C@H]1O[C@H](CO)[C@@H](O[C@H]2C[C@H](CO)[C@H](O)[C@H](O)[C@H]2O)[C@H](O)[C@H]1O. The summed E-state index contributed by atoms with van der Waals surface area (Å²) in [6, 6.07) is 0. The summed E-state index contributed by atoms with van der Waals surface area (Å²) in [5, 5.41) is 68.6. The Balaban J connectivity index is 2.12. The number of methoxy groups -OCH3 is 1. The molecule has 1 saturated carbocycles. The van der Waals surface area contributed by atoms with E-state index in [0.717, 1.165) is 0 Å². The molecule has 0 bridgehead atoms. The van der Waals surface area contributed by atoms with E-state index in [1.54, 1.807) is 0 Å². The van der Waals surface area contributed by atoms with Crippen molar-refractivity contribution in [3.63, 3.8) is 0 Å². The van der Waals surface area contributed by atoms with E-state index in [9.17, 15) is 35.7 Å². The van der Waals surface area contributed by atoms with Gasteiger partial charge < -0.3 is 50.0 Å². The van der Waals surface area contributed by atoms with Gasteiger partial charge in [0.25, 0.3) is 0 Å². The molecule has 1 aliphatic heterocycles. The van der Waals surface area contributed by atoms with Gasteiger partial charge in [-0.2, -0.15) is 0 Å². The van der Waals surface area contributed by atoms with E-state index in [0.29, 0.717) is 0 Å². The van der Waals surface area contributed by atoms with E-state index in [4.69, 9.17) is 14.2 Å². The van der Waals surface area contributed by atoms with E-state index in [-0.39, 0.29) is 6.42 Å². The lowest BCUT2D eigenvalue weighted by atomic mass is 9.81. The third-order valence-corrected chi connectivity index (χ3v) is 4.72. The van der Waals surface area contributed by atoms with Crippen molar-refractivity contribution in [1.82, 2.24) is 0 Å². The average Bonchev–Trinajstić information content (AvgIpc) is 2.59. The number of aliphatic hydroxyl groups is 7. The van der Waals surface area contributed by atoms with Crippen molar-refractivity contribution in [2.75, 3.05) is 20.3 Å². The summed E-state index contributed by atoms with van der Waals surface area (Å²) < 4.78 is 15.8. The zero-order chi connectivity index (χ0) is 18.0. The highest BCUT2D eigenvalue weighted by molar-refractivity contribution is 4.96. The zero-order valence-corrected chi connectivity index (χ0v) is 13.3. The third-order valence-electron chi connectivity index (χ3n) is 4.72. The summed E-state index contributed by atoms with van der Waals surface area (Å²) in [5.41, 5.74) is 0. The predicted molar refractivity (Wildman–Crippen MR) is 76.6 cm³/mol. The highest BCUT2D eigenvalue weighted by Crippen LogP contribution is 2.32. The molecular weight excluding hydrogens is 328 g/mol. The molecule has 1 saturated heterocycles. The molecule has 2 rings (SSSR count). The Morgan fingerprint density at radius 2 is 1.54 bits per heavy atom. The Hall–Kier alpha value is -0.400. The maximum Gasteiger partial charge on any atom is 0.186 e. The largest absolute Gasteiger partial charge is 0.396 e. The fraction of sp³-hybridized carbons (Fsp3) is 1.00. The van der Waals surface area contributed by atoms with Gasteiger partial charge in [0.2, 0.25) is 0 Å². The lowest BCUT2D eigenvalue weighted by molar-refractivity contribution is -0.315. The smallest absolute Gasteiger partial charge is 0.186 e. The van der Waals surface area contributed by atoms with Crippen LogP contribution in [0.3, 0.4) is 0 Å². The third kappa shape index (κ3) is 3.73. The number of aliphatic hydroxyl groups excluding tert-OH is 7. The summed E-state index contributed by atoms with van der Waals surface area (Å²) in [4.78, 5) is 0. The van der Waals surface area contributed by atoms with Gasteiger partial charge in [-0.3, -0.25) is 0 Å². The van der Waals surface area contributed by atoms with Crippen LogP contribution in [0.25, 0.3) is 0 Å². The molecule has 10 atom stereocenters. The summed E-state index contributed by atoms with van der Waals surface area (Å²) in [7, 11) is 1.27. The molecule has 2 fully saturated rings. The van der Waals surface area contributed by atoms with E-state index >= 15 is 0 Å². The Kier molecular flexibility index (Phi) is 6.90. The van der Waals surface area contributed by atoms with E-state index in [2.05, 4.69) is 0 Å². The molecule has 7 N–H and O–H groups in total. The van der Waals surface area contributed by atoms with Gasteiger partial charge in [0.15, 0.2) is 6.29 Å². The number of hydrogen-bond acceptors (Lipinski definition) is 10. The molecule has 10 heteroatoms. The molecule has 0 aromatic heterocycles. The Labute approximate surface area is 138 Å². The van der Waals surface area contributed by atoms with Crippen LogP contribution in [-0.4, -0.2) is 111 Å². The molecular formula is C14H26O10. The van der Waals surface area contributed by atoms with Gasteiger partial charge in [-0.05, 0) is 6.42 Å². The van der Waals surface area contributed by atoms with Crippen molar-refractivity contribution in [1.29, 1.82) is 0 Å². The van der Waals surface area contributed by atoms with Crippen molar-refractivity contribution in [2.45, 2.75) is 61.5 Å². The lowest BCUT2D eigenvalue weighted by Gasteiger charge is -2.46. The summed E-state index contributed by atoms with van der Waals surface area (Å²) in [5.74, 6) is -0.723. The van der Waals surface area contributed by atoms with Crippen LogP contribution in [0, 0.1) is 5.92 Å². The van der Waals surface area contributed by atoms with Crippen LogP contribution in [0.2, 0.25) is 0 Å². The zero-order valence-electron chi connectivity index (χ0n) is 13.3. The lowest BCUT2D eigenvalue weighted by Crippen LogP contribution is -2.63. The monoisotopic (exact) mass is 354 g/mol. The normalized spacial score (nSPS) is 50.0. The number of rotatable bonds is 5. The molecule has 0 aromatic rings. The second-order valence-corrected chi connectivity index (χ2v) is 6.23. The topological polar surface area (TPSA) is 169 Å². The van der Waals surface area contributed by atoms with E-state index in [1.807, 2.05) is 0 Å². The van der Waals surface area contributed by atoms with E-state index in [1.165, 1.54) is 7.11 Å². The molecule has 0 spiro atoms. The highest BCUT2D eigenvalue weighted by atomic mass is 16.7. The van der Waals surface area contributed by atoms with Crippen LogP contribution in [0.15, 0.2) is 0 Å². The molecule has 0 radical (unpaired) electrons. The summed E-state index contributed by atoms with van der Waals surface area (Å²) in [6.07, 6.45) is -11.6. The second kappa shape index (κ2) is 8.32. The minimum Gasteiger partial charge on any atom is -0.396 e. The van der Waals surface area contributed by atoms with Gasteiger partial charge in [-0.1, -0.05) is 0 Å². The fourth-order valence-corrected chi connectivity index (χ4v) is 3.21. The van der Waals surface area contributed by atoms with Crippen LogP contribution < -0.4 is 0 Å². The summed E-state index contributed by atoms with van der Waals surface area (Å²) in [6.45, 7) is -0.960. The van der Waals surface area contributed by atoms with Crippen LogP contribution in [0.1, 0.15) is 6.42 Å². The van der Waals surface area contributed by atoms with Crippen LogP contribution in [-0.2, 0) is 14.2 Å². The molecule has 10 nitrogen and oxygen atoms in total.